The Morgan fingerprint density at radius 2 is 0.625 bits per heavy atom. The van der Waals surface area contributed by atoms with Crippen LogP contribution in [-0.2, 0) is 45.4 Å². The molecule has 0 heterocycles. The number of aliphatic hydroxyl groups excluding tert-OH is 2. The van der Waals surface area contributed by atoms with E-state index in [1.165, 1.54) is 0 Å². The third kappa shape index (κ3) is 9.38. The highest BCUT2D eigenvalue weighted by Gasteiger charge is 2.38. The molecule has 0 fully saturated rings. The van der Waals surface area contributed by atoms with E-state index in [9.17, 15) is 10.2 Å². The van der Waals surface area contributed by atoms with Crippen molar-refractivity contribution in [2.75, 3.05) is 13.2 Å². The molecular formula is C34H38O6. The maximum atomic E-state index is 10.5. The largest absolute Gasteiger partial charge is 0.394 e. The number of hydrogen-bond donors (Lipinski definition) is 2. The van der Waals surface area contributed by atoms with Crippen LogP contribution in [0.4, 0.5) is 0 Å². The van der Waals surface area contributed by atoms with Crippen molar-refractivity contribution in [3.05, 3.63) is 144 Å². The first-order valence-electron chi connectivity index (χ1n) is 13.6. The molecular weight excluding hydrogens is 504 g/mol. The van der Waals surface area contributed by atoms with E-state index in [4.69, 9.17) is 18.9 Å². The van der Waals surface area contributed by atoms with Gasteiger partial charge >= 0.3 is 0 Å². The molecule has 210 valence electrons. The second-order valence-electron chi connectivity index (χ2n) is 9.56. The summed E-state index contributed by atoms with van der Waals surface area (Å²) in [5.74, 6) is 0. The molecule has 0 bridgehead atoms. The van der Waals surface area contributed by atoms with E-state index >= 15 is 0 Å². The summed E-state index contributed by atoms with van der Waals surface area (Å²) in [5.41, 5.74) is 3.90. The highest BCUT2D eigenvalue weighted by atomic mass is 16.6. The molecule has 0 radical (unpaired) electrons. The summed E-state index contributed by atoms with van der Waals surface area (Å²) in [5, 5.41) is 21.0. The molecule has 40 heavy (non-hydrogen) atoms. The lowest BCUT2D eigenvalue weighted by Gasteiger charge is -2.36. The SMILES string of the molecule is OC[C@H](OCc1ccccc1)[C@@H](OCc1ccccc1)[C@H](OCc1ccccc1)[C@@H](CO)OCc1ccccc1. The molecule has 0 aliphatic carbocycles. The molecule has 0 aliphatic rings. The topological polar surface area (TPSA) is 77.4 Å². The predicted molar refractivity (Wildman–Crippen MR) is 154 cm³/mol. The van der Waals surface area contributed by atoms with E-state index < -0.39 is 24.4 Å². The van der Waals surface area contributed by atoms with Gasteiger partial charge < -0.3 is 29.2 Å². The monoisotopic (exact) mass is 542 g/mol. The minimum absolute atomic E-state index is 0.277. The summed E-state index contributed by atoms with van der Waals surface area (Å²) < 4.78 is 25.4. The van der Waals surface area contributed by atoms with Gasteiger partial charge in [-0.3, -0.25) is 0 Å². The average molecular weight is 543 g/mol. The quantitative estimate of drug-likeness (QED) is 0.188. The summed E-state index contributed by atoms with van der Waals surface area (Å²) in [6.45, 7) is 0.536. The number of benzene rings is 4. The summed E-state index contributed by atoms with van der Waals surface area (Å²) in [6, 6.07) is 39.2. The van der Waals surface area contributed by atoms with E-state index in [0.717, 1.165) is 22.3 Å². The Balaban J connectivity index is 1.59. The molecule has 4 atom stereocenters. The maximum absolute atomic E-state index is 10.5. The Hall–Kier alpha value is -3.36. The lowest BCUT2D eigenvalue weighted by molar-refractivity contribution is -0.201. The standard InChI is InChI=1S/C34H38O6/c35-21-31(37-23-27-13-5-1-6-14-27)33(39-25-29-17-9-3-10-18-29)34(40-26-30-19-11-4-12-20-30)32(22-36)38-24-28-15-7-2-8-16-28/h1-20,31-36H,21-26H2/t31-,32+,33-,34-/m1/s1. The van der Waals surface area contributed by atoms with Crippen molar-refractivity contribution in [1.29, 1.82) is 0 Å². The van der Waals surface area contributed by atoms with Crippen molar-refractivity contribution < 1.29 is 29.2 Å². The molecule has 2 N–H and O–H groups in total. The molecule has 0 unspecified atom stereocenters. The zero-order valence-electron chi connectivity index (χ0n) is 22.6. The van der Waals surface area contributed by atoms with Crippen LogP contribution in [0, 0.1) is 0 Å². The lowest BCUT2D eigenvalue weighted by atomic mass is 10.0. The van der Waals surface area contributed by atoms with Gasteiger partial charge in [-0.2, -0.15) is 0 Å². The highest BCUT2D eigenvalue weighted by Crippen LogP contribution is 2.23. The van der Waals surface area contributed by atoms with Crippen molar-refractivity contribution in [2.24, 2.45) is 0 Å². The Morgan fingerprint density at radius 1 is 0.375 bits per heavy atom. The van der Waals surface area contributed by atoms with Gasteiger partial charge in [-0.1, -0.05) is 121 Å². The summed E-state index contributed by atoms with van der Waals surface area (Å²) in [6.07, 6.45) is -2.96. The van der Waals surface area contributed by atoms with Gasteiger partial charge in [0, 0.05) is 0 Å². The van der Waals surface area contributed by atoms with Crippen molar-refractivity contribution >= 4 is 0 Å². The van der Waals surface area contributed by atoms with Crippen molar-refractivity contribution in [1.82, 2.24) is 0 Å². The molecule has 0 saturated heterocycles. The number of hydrogen-bond acceptors (Lipinski definition) is 6. The van der Waals surface area contributed by atoms with E-state index in [1.54, 1.807) is 0 Å². The van der Waals surface area contributed by atoms with Gasteiger partial charge in [0.2, 0.25) is 0 Å². The third-order valence-corrected chi connectivity index (χ3v) is 6.60. The zero-order chi connectivity index (χ0) is 27.8. The van der Waals surface area contributed by atoms with Crippen LogP contribution in [0.25, 0.3) is 0 Å². The van der Waals surface area contributed by atoms with Gasteiger partial charge in [0.25, 0.3) is 0 Å². The fourth-order valence-corrected chi connectivity index (χ4v) is 4.42. The predicted octanol–water partition coefficient (Wildman–Crippen LogP) is 5.31. The Labute approximate surface area is 236 Å². The van der Waals surface area contributed by atoms with Crippen LogP contribution in [0.2, 0.25) is 0 Å². The molecule has 0 aromatic heterocycles. The number of aliphatic hydroxyl groups is 2. The first-order valence-corrected chi connectivity index (χ1v) is 13.6. The van der Waals surface area contributed by atoms with Gasteiger partial charge in [0.05, 0.1) is 39.6 Å². The second-order valence-corrected chi connectivity index (χ2v) is 9.56. The van der Waals surface area contributed by atoms with Gasteiger partial charge in [-0.25, -0.2) is 0 Å². The molecule has 0 aliphatic heterocycles. The van der Waals surface area contributed by atoms with Crippen LogP contribution in [0.5, 0.6) is 0 Å². The minimum atomic E-state index is -0.745. The van der Waals surface area contributed by atoms with Crippen molar-refractivity contribution in [3.63, 3.8) is 0 Å². The molecule has 6 nitrogen and oxygen atoms in total. The Bertz CT molecular complexity index is 1090. The normalized spacial score (nSPS) is 14.3. The molecule has 0 spiro atoms. The van der Waals surface area contributed by atoms with Crippen LogP contribution < -0.4 is 0 Å². The molecule has 4 aromatic rings. The van der Waals surface area contributed by atoms with E-state index in [0.29, 0.717) is 0 Å². The summed E-state index contributed by atoms with van der Waals surface area (Å²) in [7, 11) is 0. The number of rotatable bonds is 17. The minimum Gasteiger partial charge on any atom is -0.394 e. The van der Waals surface area contributed by atoms with E-state index in [-0.39, 0.29) is 39.6 Å². The Morgan fingerprint density at radius 3 is 0.875 bits per heavy atom. The van der Waals surface area contributed by atoms with Gasteiger partial charge in [-0.05, 0) is 22.3 Å². The highest BCUT2D eigenvalue weighted by molar-refractivity contribution is 5.16. The van der Waals surface area contributed by atoms with Gasteiger partial charge in [0.15, 0.2) is 0 Å². The van der Waals surface area contributed by atoms with Crippen LogP contribution >= 0.6 is 0 Å². The summed E-state index contributed by atoms with van der Waals surface area (Å²) >= 11 is 0. The Kier molecular flexibility index (Phi) is 12.3. The number of ether oxygens (including phenoxy) is 4. The van der Waals surface area contributed by atoms with Crippen LogP contribution in [-0.4, -0.2) is 47.8 Å². The van der Waals surface area contributed by atoms with Crippen LogP contribution in [0.1, 0.15) is 22.3 Å². The van der Waals surface area contributed by atoms with Crippen LogP contribution in [0.3, 0.4) is 0 Å². The van der Waals surface area contributed by atoms with Gasteiger partial charge in [-0.15, -0.1) is 0 Å². The molecule has 0 saturated carbocycles. The zero-order valence-corrected chi connectivity index (χ0v) is 22.6. The van der Waals surface area contributed by atoms with E-state index in [1.807, 2.05) is 121 Å². The first kappa shape index (κ1) is 29.6. The van der Waals surface area contributed by atoms with Crippen molar-refractivity contribution in [3.8, 4) is 0 Å². The molecule has 4 rings (SSSR count). The van der Waals surface area contributed by atoms with Crippen LogP contribution in [0.15, 0.2) is 121 Å². The summed E-state index contributed by atoms with van der Waals surface area (Å²) in [4.78, 5) is 0. The first-order chi connectivity index (χ1) is 19.8. The second kappa shape index (κ2) is 16.7. The fraction of sp³-hybridized carbons (Fsp3) is 0.294. The van der Waals surface area contributed by atoms with Crippen molar-refractivity contribution in [2.45, 2.75) is 50.8 Å². The van der Waals surface area contributed by atoms with Gasteiger partial charge in [0.1, 0.15) is 24.4 Å². The average Bonchev–Trinajstić information content (AvgIpc) is 3.02. The molecule has 6 heteroatoms. The molecule has 4 aromatic carbocycles. The maximum Gasteiger partial charge on any atom is 0.115 e. The molecule has 0 amide bonds. The lowest BCUT2D eigenvalue weighted by Crippen LogP contribution is -2.51. The van der Waals surface area contributed by atoms with E-state index in [2.05, 4.69) is 0 Å². The third-order valence-electron chi connectivity index (χ3n) is 6.60. The fourth-order valence-electron chi connectivity index (χ4n) is 4.42. The smallest absolute Gasteiger partial charge is 0.115 e.